The second kappa shape index (κ2) is 5.48. The van der Waals surface area contributed by atoms with Gasteiger partial charge in [0.2, 0.25) is 0 Å². The van der Waals surface area contributed by atoms with Crippen LogP contribution in [0.25, 0.3) is 0 Å². The first-order valence-electron chi connectivity index (χ1n) is 5.40. The van der Waals surface area contributed by atoms with Gasteiger partial charge in [-0.1, -0.05) is 6.42 Å². The quantitative estimate of drug-likeness (QED) is 0.600. The van der Waals surface area contributed by atoms with Crippen LogP contribution in [0.1, 0.15) is 29.6 Å². The van der Waals surface area contributed by atoms with Crippen LogP contribution in [-0.2, 0) is 0 Å². The van der Waals surface area contributed by atoms with Crippen LogP contribution >= 0.6 is 27.7 Å². The minimum absolute atomic E-state index is 0.128. The van der Waals surface area contributed by atoms with E-state index in [-0.39, 0.29) is 9.72 Å². The van der Waals surface area contributed by atoms with Gasteiger partial charge in [-0.3, -0.25) is 4.79 Å². The molecule has 1 heterocycles. The predicted octanol–water partition coefficient (Wildman–Crippen LogP) is 4.20. The number of rotatable bonds is 2. The van der Waals surface area contributed by atoms with Gasteiger partial charge in [0.05, 0.1) is 15.3 Å². The molecule has 1 saturated heterocycles. The molecule has 2 rings (SSSR count). The van der Waals surface area contributed by atoms with Gasteiger partial charge in [-0.25, -0.2) is 8.78 Å². The summed E-state index contributed by atoms with van der Waals surface area (Å²) < 4.78 is 27.4. The number of hydrogen-bond donors (Lipinski definition) is 0. The minimum atomic E-state index is -0.791. The van der Waals surface area contributed by atoms with E-state index in [4.69, 9.17) is 0 Å². The molecule has 0 spiro atoms. The Morgan fingerprint density at radius 3 is 2.76 bits per heavy atom. The highest BCUT2D eigenvalue weighted by Crippen LogP contribution is 2.31. The molecule has 0 amide bonds. The van der Waals surface area contributed by atoms with Gasteiger partial charge >= 0.3 is 0 Å². The molecule has 5 heteroatoms. The molecule has 0 bridgehead atoms. The lowest BCUT2D eigenvalue weighted by atomic mass is 10.0. The Kier molecular flexibility index (Phi) is 4.20. The first-order valence-corrected chi connectivity index (χ1v) is 7.24. The third-order valence-corrected chi connectivity index (χ3v) is 4.75. The van der Waals surface area contributed by atoms with E-state index in [0.29, 0.717) is 6.42 Å². The van der Waals surface area contributed by atoms with Gasteiger partial charge < -0.3 is 0 Å². The Balaban J connectivity index is 2.32. The number of hydrogen-bond acceptors (Lipinski definition) is 2. The largest absolute Gasteiger partial charge is 0.293 e. The highest BCUT2D eigenvalue weighted by atomic mass is 79.9. The summed E-state index contributed by atoms with van der Waals surface area (Å²) in [6, 6.07) is 2.39. The number of Topliss-reactive ketones (excluding diaryl/α,β-unsaturated/α-hetero) is 1. The Hall–Kier alpha value is -0.420. The molecular formula is C12H11BrF2OS. The Bertz CT molecular complexity index is 444. The van der Waals surface area contributed by atoms with E-state index in [9.17, 15) is 13.6 Å². The normalized spacial score (nSPS) is 20.3. The summed E-state index contributed by atoms with van der Waals surface area (Å²) in [7, 11) is 0. The molecule has 1 aromatic carbocycles. The predicted molar refractivity (Wildman–Crippen MR) is 68.5 cm³/mol. The highest BCUT2D eigenvalue weighted by molar-refractivity contribution is 9.10. The van der Waals surface area contributed by atoms with Gasteiger partial charge in [0.15, 0.2) is 11.6 Å². The second-order valence-corrected chi connectivity index (χ2v) is 6.10. The average molecular weight is 321 g/mol. The molecule has 1 aliphatic heterocycles. The first kappa shape index (κ1) is 13.0. The van der Waals surface area contributed by atoms with E-state index < -0.39 is 23.0 Å². The van der Waals surface area contributed by atoms with Crippen LogP contribution in [0.2, 0.25) is 0 Å². The third kappa shape index (κ3) is 2.71. The van der Waals surface area contributed by atoms with Crippen molar-refractivity contribution in [2.75, 3.05) is 5.75 Å². The summed E-state index contributed by atoms with van der Waals surface area (Å²) in [6.45, 7) is 0. The maximum Gasteiger partial charge on any atom is 0.181 e. The summed E-state index contributed by atoms with van der Waals surface area (Å²) in [5.74, 6) is -1.11. The second-order valence-electron chi connectivity index (χ2n) is 3.94. The zero-order valence-electron chi connectivity index (χ0n) is 9.01. The van der Waals surface area contributed by atoms with Crippen molar-refractivity contribution in [3.8, 4) is 0 Å². The van der Waals surface area contributed by atoms with E-state index in [1.165, 1.54) is 17.8 Å². The van der Waals surface area contributed by atoms with Crippen molar-refractivity contribution in [2.24, 2.45) is 0 Å². The molecule has 1 atom stereocenters. The SMILES string of the molecule is O=C(c1c(F)ccc(Br)c1F)C1CCCCS1. The topological polar surface area (TPSA) is 17.1 Å². The maximum absolute atomic E-state index is 13.8. The van der Waals surface area contributed by atoms with Crippen LogP contribution in [0.5, 0.6) is 0 Å². The smallest absolute Gasteiger partial charge is 0.181 e. The molecular weight excluding hydrogens is 310 g/mol. The van der Waals surface area contributed by atoms with Crippen LogP contribution in [0.15, 0.2) is 16.6 Å². The first-order chi connectivity index (χ1) is 8.11. The third-order valence-electron chi connectivity index (χ3n) is 2.76. The van der Waals surface area contributed by atoms with Crippen molar-refractivity contribution < 1.29 is 13.6 Å². The molecule has 1 unspecified atom stereocenters. The lowest BCUT2D eigenvalue weighted by Crippen LogP contribution is -2.23. The van der Waals surface area contributed by atoms with E-state index in [1.807, 2.05) is 0 Å². The van der Waals surface area contributed by atoms with Gasteiger partial charge in [0, 0.05) is 0 Å². The van der Waals surface area contributed by atoms with Gasteiger partial charge in [-0.15, -0.1) is 0 Å². The fourth-order valence-electron chi connectivity index (χ4n) is 1.86. The highest BCUT2D eigenvalue weighted by Gasteiger charge is 2.28. The standard InChI is InChI=1S/C12H11BrF2OS/c13-7-4-5-8(14)10(11(7)15)12(16)9-3-1-2-6-17-9/h4-5,9H,1-3,6H2. The van der Waals surface area contributed by atoms with Gasteiger partial charge in [0.25, 0.3) is 0 Å². The molecule has 92 valence electrons. The van der Waals surface area contributed by atoms with E-state index in [2.05, 4.69) is 15.9 Å². The molecule has 0 radical (unpaired) electrons. The molecule has 1 fully saturated rings. The number of carbonyl (C=O) groups excluding carboxylic acids is 1. The molecule has 1 aromatic rings. The summed E-state index contributed by atoms with van der Waals surface area (Å²) in [5, 5.41) is -0.304. The Morgan fingerprint density at radius 2 is 2.12 bits per heavy atom. The maximum atomic E-state index is 13.8. The van der Waals surface area contributed by atoms with Gasteiger partial charge in [-0.2, -0.15) is 11.8 Å². The van der Waals surface area contributed by atoms with Crippen molar-refractivity contribution in [3.63, 3.8) is 0 Å². The number of halogens is 3. The van der Waals surface area contributed by atoms with Crippen LogP contribution in [-0.4, -0.2) is 16.8 Å². The summed E-state index contributed by atoms with van der Waals surface area (Å²) in [6.07, 6.45) is 2.72. The Morgan fingerprint density at radius 1 is 1.35 bits per heavy atom. The van der Waals surface area contributed by atoms with Crippen molar-refractivity contribution in [1.82, 2.24) is 0 Å². The number of ketones is 1. The lowest BCUT2D eigenvalue weighted by Gasteiger charge is -2.20. The van der Waals surface area contributed by atoms with Gasteiger partial charge in [0.1, 0.15) is 5.82 Å². The minimum Gasteiger partial charge on any atom is -0.293 e. The van der Waals surface area contributed by atoms with Crippen molar-refractivity contribution in [1.29, 1.82) is 0 Å². The van der Waals surface area contributed by atoms with Crippen LogP contribution in [0, 0.1) is 11.6 Å². The number of carbonyl (C=O) groups is 1. The summed E-state index contributed by atoms with van der Waals surface area (Å²) in [4.78, 5) is 12.1. The van der Waals surface area contributed by atoms with E-state index in [0.717, 1.165) is 24.7 Å². The molecule has 0 saturated carbocycles. The monoisotopic (exact) mass is 320 g/mol. The fraction of sp³-hybridized carbons (Fsp3) is 0.417. The van der Waals surface area contributed by atoms with E-state index in [1.54, 1.807) is 0 Å². The van der Waals surface area contributed by atoms with Gasteiger partial charge in [-0.05, 0) is 46.7 Å². The lowest BCUT2D eigenvalue weighted by molar-refractivity contribution is 0.0976. The summed E-state index contributed by atoms with van der Waals surface area (Å²) >= 11 is 4.46. The molecule has 1 nitrogen and oxygen atoms in total. The molecule has 17 heavy (non-hydrogen) atoms. The molecule has 0 aliphatic carbocycles. The average Bonchev–Trinajstić information content (AvgIpc) is 2.35. The molecule has 0 N–H and O–H groups in total. The number of benzene rings is 1. The summed E-state index contributed by atoms with van der Waals surface area (Å²) in [5.41, 5.74) is -0.404. The van der Waals surface area contributed by atoms with E-state index >= 15 is 0 Å². The Labute approximate surface area is 111 Å². The van der Waals surface area contributed by atoms with Crippen molar-refractivity contribution in [3.05, 3.63) is 33.8 Å². The van der Waals surface area contributed by atoms with Crippen LogP contribution in [0.3, 0.4) is 0 Å². The van der Waals surface area contributed by atoms with Crippen molar-refractivity contribution in [2.45, 2.75) is 24.5 Å². The van der Waals surface area contributed by atoms with Crippen molar-refractivity contribution >= 4 is 33.5 Å². The zero-order valence-corrected chi connectivity index (χ0v) is 11.4. The number of thioether (sulfide) groups is 1. The van der Waals surface area contributed by atoms with Crippen LogP contribution in [0.4, 0.5) is 8.78 Å². The fourth-order valence-corrected chi connectivity index (χ4v) is 3.45. The zero-order chi connectivity index (χ0) is 12.4. The molecule has 1 aliphatic rings. The molecule has 0 aromatic heterocycles. The van der Waals surface area contributed by atoms with Crippen LogP contribution < -0.4 is 0 Å².